The van der Waals surface area contributed by atoms with Gasteiger partial charge in [-0.05, 0) is 94.9 Å². The van der Waals surface area contributed by atoms with Crippen LogP contribution in [0, 0.1) is 11.7 Å². The van der Waals surface area contributed by atoms with E-state index in [0.29, 0.717) is 36.6 Å². The summed E-state index contributed by atoms with van der Waals surface area (Å²) in [5.41, 5.74) is 5.20. The Labute approximate surface area is 341 Å². The van der Waals surface area contributed by atoms with E-state index in [0.717, 1.165) is 35.0 Å². The summed E-state index contributed by atoms with van der Waals surface area (Å²) in [6, 6.07) is 36.8. The van der Waals surface area contributed by atoms with Gasteiger partial charge in [-0.3, -0.25) is 34.2 Å². The number of benzene rings is 5. The summed E-state index contributed by atoms with van der Waals surface area (Å²) in [5.74, 6) is -1.65. The van der Waals surface area contributed by atoms with E-state index in [-0.39, 0.29) is 51.8 Å². The van der Waals surface area contributed by atoms with Gasteiger partial charge >= 0.3 is 0 Å². The molecule has 58 heavy (non-hydrogen) atoms. The van der Waals surface area contributed by atoms with E-state index in [9.17, 15) is 28.4 Å². The molecule has 0 spiro atoms. The van der Waals surface area contributed by atoms with E-state index >= 15 is 0 Å². The molecule has 2 aliphatic heterocycles. The number of imide groups is 1. The smallest absolute Gasteiger partial charge is 0.290 e. The molecule has 0 bridgehead atoms. The minimum Gasteiger partial charge on any atom is -0.350 e. The minimum atomic E-state index is -0.463. The van der Waals surface area contributed by atoms with Gasteiger partial charge in [-0.1, -0.05) is 98.8 Å². The van der Waals surface area contributed by atoms with Gasteiger partial charge in [0.15, 0.2) is 5.78 Å². The predicted octanol–water partition coefficient (Wildman–Crippen LogP) is 8.22. The van der Waals surface area contributed by atoms with E-state index in [1.807, 2.05) is 30.3 Å². The highest BCUT2D eigenvalue weighted by molar-refractivity contribution is 8.18. The second kappa shape index (κ2) is 18.0. The molecule has 0 radical (unpaired) electrons. The number of amides is 4. The van der Waals surface area contributed by atoms with Crippen LogP contribution in [0.5, 0.6) is 0 Å². The first-order valence-electron chi connectivity index (χ1n) is 19.2. The Kier molecular flexibility index (Phi) is 12.4. The van der Waals surface area contributed by atoms with Crippen LogP contribution in [0.2, 0.25) is 0 Å². The van der Waals surface area contributed by atoms with E-state index in [4.69, 9.17) is 0 Å². The molecule has 0 aliphatic carbocycles. The topological polar surface area (TPSA) is 116 Å². The van der Waals surface area contributed by atoms with Crippen LogP contribution >= 0.6 is 11.8 Å². The highest BCUT2D eigenvalue weighted by atomic mass is 32.2. The second-order valence-electron chi connectivity index (χ2n) is 14.9. The van der Waals surface area contributed by atoms with Crippen molar-refractivity contribution in [2.24, 2.45) is 5.92 Å². The van der Waals surface area contributed by atoms with Crippen LogP contribution < -0.4 is 10.6 Å². The molecular weight excluding hydrogens is 752 g/mol. The van der Waals surface area contributed by atoms with Crippen LogP contribution in [-0.4, -0.2) is 70.3 Å². The van der Waals surface area contributed by atoms with Crippen LogP contribution in [0.3, 0.4) is 0 Å². The number of hydrogen-bond donors (Lipinski definition) is 2. The fourth-order valence-electron chi connectivity index (χ4n) is 7.58. The molecule has 9 nitrogen and oxygen atoms in total. The van der Waals surface area contributed by atoms with Gasteiger partial charge in [0.05, 0.1) is 16.5 Å². The number of halogens is 1. The largest absolute Gasteiger partial charge is 0.350 e. The number of rotatable bonds is 13. The molecule has 2 aliphatic rings. The van der Waals surface area contributed by atoms with Crippen molar-refractivity contribution in [1.29, 1.82) is 0 Å². The van der Waals surface area contributed by atoms with Crippen LogP contribution in [0.25, 0.3) is 17.2 Å². The van der Waals surface area contributed by atoms with Crippen LogP contribution in [0.4, 0.5) is 9.18 Å². The summed E-state index contributed by atoms with van der Waals surface area (Å²) < 4.78 is 13.8. The molecule has 5 aromatic rings. The van der Waals surface area contributed by atoms with Crippen molar-refractivity contribution < 1.29 is 28.4 Å². The van der Waals surface area contributed by atoms with E-state index in [1.54, 1.807) is 59.5 Å². The Hall–Kier alpha value is -6.17. The first kappa shape index (κ1) is 40.0. The molecule has 2 fully saturated rings. The summed E-state index contributed by atoms with van der Waals surface area (Å²) in [7, 11) is 0. The monoisotopic (exact) mass is 794 g/mol. The average molecular weight is 795 g/mol. The Balaban J connectivity index is 1.16. The number of carbonyl (C=O) groups excluding carboxylic acids is 5. The number of likely N-dealkylation sites (tertiary alicyclic amines) is 1. The van der Waals surface area contributed by atoms with Gasteiger partial charge in [0.2, 0.25) is 0 Å². The van der Waals surface area contributed by atoms with Crippen molar-refractivity contribution in [3.63, 3.8) is 0 Å². The molecule has 294 valence electrons. The van der Waals surface area contributed by atoms with Crippen LogP contribution in [0.1, 0.15) is 68.0 Å². The summed E-state index contributed by atoms with van der Waals surface area (Å²) >= 11 is 0.823. The Morgan fingerprint density at radius 2 is 1.50 bits per heavy atom. The minimum absolute atomic E-state index is 0.0677. The highest BCUT2D eigenvalue weighted by Gasteiger charge is 2.40. The maximum Gasteiger partial charge on any atom is 0.290 e. The lowest BCUT2D eigenvalue weighted by Crippen LogP contribution is -2.44. The molecule has 0 unspecified atom stereocenters. The number of nitrogens with zero attached hydrogens (tertiary/aromatic N) is 2. The summed E-state index contributed by atoms with van der Waals surface area (Å²) in [5, 5.41) is 4.85. The molecule has 2 N–H and O–H groups in total. The summed E-state index contributed by atoms with van der Waals surface area (Å²) in [6.07, 6.45) is 2.17. The number of thioether (sulfide) groups is 1. The van der Waals surface area contributed by atoms with Crippen molar-refractivity contribution in [2.45, 2.75) is 38.9 Å². The number of hydrogen-bond acceptors (Lipinski definition) is 7. The molecule has 4 amide bonds. The van der Waals surface area contributed by atoms with Gasteiger partial charge < -0.3 is 10.2 Å². The van der Waals surface area contributed by atoms with Gasteiger partial charge in [0.25, 0.3) is 23.0 Å². The van der Waals surface area contributed by atoms with Crippen molar-refractivity contribution in [3.05, 3.63) is 171 Å². The maximum atomic E-state index is 14.7. The van der Waals surface area contributed by atoms with Crippen molar-refractivity contribution in [2.75, 3.05) is 19.6 Å². The molecule has 2 atom stereocenters. The zero-order chi connectivity index (χ0) is 40.8. The molecule has 0 saturated carbocycles. The van der Waals surface area contributed by atoms with Gasteiger partial charge in [-0.2, -0.15) is 0 Å². The first-order chi connectivity index (χ1) is 28.0. The van der Waals surface area contributed by atoms with Gasteiger partial charge in [-0.15, -0.1) is 0 Å². The van der Waals surface area contributed by atoms with Crippen LogP contribution in [0.15, 0.2) is 132 Å². The second-order valence-corrected chi connectivity index (χ2v) is 15.9. The Bertz CT molecular complexity index is 2370. The average Bonchev–Trinajstić information content (AvgIpc) is 3.81. The lowest BCUT2D eigenvalue weighted by Gasteiger charge is -2.31. The number of ketones is 1. The third-order valence-electron chi connectivity index (χ3n) is 10.4. The predicted molar refractivity (Wildman–Crippen MR) is 225 cm³/mol. The summed E-state index contributed by atoms with van der Waals surface area (Å²) in [4.78, 5) is 70.1. The SMILES string of the molecule is CC(C)CN(Cc1ccccc1-c1ccccc1)[C@@H]1C[C@@H](CNC(=O)c2ccc(/C=C3\SC(=O)NC3=O)cc2)N(C(=O)c2ccccc2C(=O)c2ccc(F)cc2)C1. The van der Waals surface area contributed by atoms with Crippen molar-refractivity contribution in [3.8, 4) is 11.1 Å². The quantitative estimate of drug-likeness (QED) is 0.0912. The molecule has 11 heteroatoms. The summed E-state index contributed by atoms with van der Waals surface area (Å²) in [6.45, 7) is 6.29. The third kappa shape index (κ3) is 9.33. The van der Waals surface area contributed by atoms with E-state index < -0.39 is 23.0 Å². The van der Waals surface area contributed by atoms with Crippen molar-refractivity contribution in [1.82, 2.24) is 20.4 Å². The Morgan fingerprint density at radius 1 is 0.845 bits per heavy atom. The lowest BCUT2D eigenvalue weighted by atomic mass is 9.97. The fourth-order valence-corrected chi connectivity index (χ4v) is 8.26. The number of nitrogens with one attached hydrogen (secondary N) is 2. The fraction of sp³-hybridized carbons (Fsp3) is 0.213. The number of carbonyl (C=O) groups is 5. The van der Waals surface area contributed by atoms with Crippen LogP contribution in [-0.2, 0) is 11.3 Å². The molecular formula is C47H43FN4O5S. The molecule has 0 aromatic heterocycles. The molecule has 5 aromatic carbocycles. The molecule has 2 saturated heterocycles. The first-order valence-corrected chi connectivity index (χ1v) is 20.1. The van der Waals surface area contributed by atoms with Gasteiger partial charge in [-0.25, -0.2) is 4.39 Å². The lowest BCUT2D eigenvalue weighted by molar-refractivity contribution is -0.115. The zero-order valence-electron chi connectivity index (χ0n) is 32.2. The zero-order valence-corrected chi connectivity index (χ0v) is 33.0. The molecule has 2 heterocycles. The normalized spacial score (nSPS) is 17.3. The highest BCUT2D eigenvalue weighted by Crippen LogP contribution is 2.31. The third-order valence-corrected chi connectivity index (χ3v) is 11.2. The Morgan fingerprint density at radius 3 is 2.19 bits per heavy atom. The molecule has 7 rings (SSSR count). The van der Waals surface area contributed by atoms with Crippen molar-refractivity contribution >= 4 is 46.6 Å². The van der Waals surface area contributed by atoms with E-state index in [2.05, 4.69) is 53.6 Å². The van der Waals surface area contributed by atoms with E-state index in [1.165, 1.54) is 24.3 Å². The standard InChI is InChI=1S/C47H43FN4O5S/c1-30(2)27-51(28-35-12-6-7-13-39(35)32-10-4-3-5-11-32)38-25-37(26-49-44(54)34-18-16-31(17-19-34)24-42-45(55)50-47(57)58-42)52(29-38)46(56)41-15-9-8-14-40(41)43(53)33-20-22-36(48)23-21-33/h3-24,30,37-38H,25-29H2,1-2H3,(H,49,54)(H,50,55,57)/b42-24-/t37-,38+/m0/s1. The van der Waals surface area contributed by atoms with Gasteiger partial charge in [0.1, 0.15) is 5.82 Å². The maximum absolute atomic E-state index is 14.7. The van der Waals surface area contributed by atoms with Gasteiger partial charge in [0, 0.05) is 48.9 Å².